The number of allylic oxidation sites excluding steroid dienone is 4. The molecule has 0 atom stereocenters. The van der Waals surface area contributed by atoms with Gasteiger partial charge in [0.2, 0.25) is 0 Å². The number of unbranched alkanes of at least 4 members (excludes halogenated alkanes) is 8. The summed E-state index contributed by atoms with van der Waals surface area (Å²) in [4.78, 5) is 12.6. The van der Waals surface area contributed by atoms with Crippen LogP contribution in [0.25, 0.3) is 0 Å². The summed E-state index contributed by atoms with van der Waals surface area (Å²) in [5, 5.41) is 0. The van der Waals surface area contributed by atoms with Crippen molar-refractivity contribution >= 4 is 5.97 Å². The molecule has 0 unspecified atom stereocenters. The van der Waals surface area contributed by atoms with Gasteiger partial charge in [0, 0.05) is 17.5 Å². The first-order valence-corrected chi connectivity index (χ1v) is 13.1. The summed E-state index contributed by atoms with van der Waals surface area (Å²) in [6.45, 7) is 2.24. The zero-order valence-corrected chi connectivity index (χ0v) is 20.7. The normalized spacial score (nSPS) is 13.1. The van der Waals surface area contributed by atoms with Crippen molar-refractivity contribution in [3.63, 3.8) is 0 Å². The van der Waals surface area contributed by atoms with E-state index in [-0.39, 0.29) is 5.97 Å². The van der Waals surface area contributed by atoms with Gasteiger partial charge in [0.15, 0.2) is 6.10 Å². The van der Waals surface area contributed by atoms with E-state index in [1.165, 1.54) is 44.9 Å². The molecule has 1 heterocycles. The Morgan fingerprint density at radius 1 is 0.765 bits per heavy atom. The summed E-state index contributed by atoms with van der Waals surface area (Å²) in [6.07, 6.45) is 22.1. The van der Waals surface area contributed by atoms with Crippen LogP contribution in [-0.4, -0.2) is 5.97 Å². The average molecular weight is 461 g/mol. The van der Waals surface area contributed by atoms with Gasteiger partial charge >= 0.3 is 5.97 Å². The number of hydrogen-bond acceptors (Lipinski definition) is 3. The van der Waals surface area contributed by atoms with Gasteiger partial charge < -0.3 is 9.47 Å². The molecule has 1 aliphatic heterocycles. The lowest BCUT2D eigenvalue weighted by Crippen LogP contribution is -2.17. The largest absolute Gasteiger partial charge is 0.456 e. The number of rotatable bonds is 15. The predicted molar refractivity (Wildman–Crippen MR) is 140 cm³/mol. The van der Waals surface area contributed by atoms with Crippen LogP contribution < -0.4 is 4.74 Å². The maximum absolute atomic E-state index is 12.6. The molecule has 2 aromatic rings. The van der Waals surface area contributed by atoms with Crippen molar-refractivity contribution in [1.82, 2.24) is 0 Å². The van der Waals surface area contributed by atoms with Gasteiger partial charge in [-0.2, -0.15) is 0 Å². The van der Waals surface area contributed by atoms with Crippen LogP contribution in [0.1, 0.15) is 101 Å². The maximum atomic E-state index is 12.6. The standard InChI is InChI=1S/C31H40O3/c1-2-3-4-5-6-7-8-9-10-11-12-13-14-15-16-25-30(32)34-31-26-21-17-19-23-28(26)33-29-24-20-18-22-27(29)31/h6-7,9-10,17-24,31H,2-5,8,11-16,25H2,1H3/b7-6-,10-9-. The van der Waals surface area contributed by atoms with Crippen molar-refractivity contribution in [2.75, 3.05) is 0 Å². The van der Waals surface area contributed by atoms with Gasteiger partial charge in [0.25, 0.3) is 0 Å². The molecule has 34 heavy (non-hydrogen) atoms. The molecular weight excluding hydrogens is 420 g/mol. The van der Waals surface area contributed by atoms with Gasteiger partial charge in [-0.15, -0.1) is 0 Å². The molecule has 3 nitrogen and oxygen atoms in total. The maximum Gasteiger partial charge on any atom is 0.306 e. The van der Waals surface area contributed by atoms with Gasteiger partial charge in [0.05, 0.1) is 0 Å². The van der Waals surface area contributed by atoms with Crippen molar-refractivity contribution in [3.05, 3.63) is 84.0 Å². The van der Waals surface area contributed by atoms with Gasteiger partial charge in [-0.05, 0) is 50.7 Å². The summed E-state index contributed by atoms with van der Waals surface area (Å²) in [5.74, 6) is 1.38. The first kappa shape index (κ1) is 25.8. The highest BCUT2D eigenvalue weighted by Crippen LogP contribution is 2.44. The average Bonchev–Trinajstić information content (AvgIpc) is 2.86. The monoisotopic (exact) mass is 460 g/mol. The van der Waals surface area contributed by atoms with Crippen LogP contribution in [0.4, 0.5) is 0 Å². The summed E-state index contributed by atoms with van der Waals surface area (Å²) >= 11 is 0. The fourth-order valence-electron chi connectivity index (χ4n) is 4.26. The van der Waals surface area contributed by atoms with Crippen LogP contribution in [-0.2, 0) is 9.53 Å². The third-order valence-electron chi connectivity index (χ3n) is 6.20. The highest BCUT2D eigenvalue weighted by molar-refractivity contribution is 5.70. The summed E-state index contributed by atoms with van der Waals surface area (Å²) in [6, 6.07) is 15.6. The molecule has 0 fully saturated rings. The van der Waals surface area contributed by atoms with Crippen LogP contribution in [0.5, 0.6) is 11.5 Å². The Bertz CT molecular complexity index is 882. The van der Waals surface area contributed by atoms with Crippen LogP contribution in [0.3, 0.4) is 0 Å². The molecule has 0 saturated carbocycles. The van der Waals surface area contributed by atoms with Crippen molar-refractivity contribution in [2.24, 2.45) is 0 Å². The lowest BCUT2D eigenvalue weighted by atomic mass is 9.97. The zero-order valence-electron chi connectivity index (χ0n) is 20.7. The van der Waals surface area contributed by atoms with E-state index in [1.807, 2.05) is 48.5 Å². The molecule has 0 bridgehead atoms. The van der Waals surface area contributed by atoms with Gasteiger partial charge in [-0.1, -0.05) is 99.7 Å². The predicted octanol–water partition coefficient (Wildman–Crippen LogP) is 9.24. The number of esters is 1. The van der Waals surface area contributed by atoms with Gasteiger partial charge in [-0.3, -0.25) is 4.79 Å². The van der Waals surface area contributed by atoms with Crippen LogP contribution in [0.15, 0.2) is 72.8 Å². The Balaban J connectivity index is 1.28. The van der Waals surface area contributed by atoms with Crippen LogP contribution in [0.2, 0.25) is 0 Å². The fourth-order valence-corrected chi connectivity index (χ4v) is 4.26. The Morgan fingerprint density at radius 3 is 1.97 bits per heavy atom. The van der Waals surface area contributed by atoms with Gasteiger partial charge in [-0.25, -0.2) is 0 Å². The van der Waals surface area contributed by atoms with E-state index in [0.29, 0.717) is 6.42 Å². The second-order valence-corrected chi connectivity index (χ2v) is 9.03. The smallest absolute Gasteiger partial charge is 0.306 e. The molecular formula is C31H40O3. The van der Waals surface area contributed by atoms with Crippen molar-refractivity contribution in [1.29, 1.82) is 0 Å². The molecule has 2 aromatic carbocycles. The minimum Gasteiger partial charge on any atom is -0.456 e. The number of para-hydroxylation sites is 2. The summed E-state index contributed by atoms with van der Waals surface area (Å²) in [5.41, 5.74) is 1.82. The molecule has 0 radical (unpaired) electrons. The lowest BCUT2D eigenvalue weighted by Gasteiger charge is -2.27. The molecule has 0 aromatic heterocycles. The quantitative estimate of drug-likeness (QED) is 0.151. The van der Waals surface area contributed by atoms with E-state index in [9.17, 15) is 4.79 Å². The number of fused-ring (bicyclic) bond motifs is 2. The highest BCUT2D eigenvalue weighted by Gasteiger charge is 2.29. The molecule has 1 aliphatic rings. The second kappa shape index (κ2) is 15.2. The van der Waals surface area contributed by atoms with E-state index < -0.39 is 6.10 Å². The third kappa shape index (κ3) is 8.52. The molecule has 0 aliphatic carbocycles. The number of benzene rings is 2. The van der Waals surface area contributed by atoms with Crippen molar-refractivity contribution in [2.45, 2.75) is 90.1 Å². The van der Waals surface area contributed by atoms with E-state index in [2.05, 4.69) is 31.2 Å². The van der Waals surface area contributed by atoms with E-state index >= 15 is 0 Å². The van der Waals surface area contributed by atoms with E-state index in [1.54, 1.807) is 0 Å². The topological polar surface area (TPSA) is 35.5 Å². The minimum absolute atomic E-state index is 0.137. The van der Waals surface area contributed by atoms with Gasteiger partial charge in [0.1, 0.15) is 11.5 Å². The molecule has 0 saturated heterocycles. The van der Waals surface area contributed by atoms with Crippen molar-refractivity contribution in [3.8, 4) is 11.5 Å². The minimum atomic E-state index is -0.397. The fraction of sp³-hybridized carbons (Fsp3) is 0.452. The molecule has 3 heteroatoms. The molecule has 0 spiro atoms. The number of carbonyl (C=O) groups is 1. The Hall–Kier alpha value is -2.81. The number of carbonyl (C=O) groups excluding carboxylic acids is 1. The van der Waals surface area contributed by atoms with E-state index in [0.717, 1.165) is 48.3 Å². The first-order valence-electron chi connectivity index (χ1n) is 13.1. The van der Waals surface area contributed by atoms with Crippen LogP contribution >= 0.6 is 0 Å². The SMILES string of the molecule is CCCCC/C=C\C/C=C\CCCCCCCC(=O)OC1c2ccccc2Oc2ccccc21. The van der Waals surface area contributed by atoms with Crippen molar-refractivity contribution < 1.29 is 14.3 Å². The first-order chi connectivity index (χ1) is 16.8. The highest BCUT2D eigenvalue weighted by atomic mass is 16.5. The molecule has 0 N–H and O–H groups in total. The number of hydrogen-bond donors (Lipinski definition) is 0. The second-order valence-electron chi connectivity index (χ2n) is 9.03. The lowest BCUT2D eigenvalue weighted by molar-refractivity contribution is -0.147. The van der Waals surface area contributed by atoms with Crippen LogP contribution in [0, 0.1) is 0 Å². The molecule has 182 valence electrons. The Labute approximate surface area is 205 Å². The van der Waals surface area contributed by atoms with E-state index in [4.69, 9.17) is 9.47 Å². The summed E-state index contributed by atoms with van der Waals surface area (Å²) in [7, 11) is 0. The molecule has 0 amide bonds. The number of ether oxygens (including phenoxy) is 2. The third-order valence-corrected chi connectivity index (χ3v) is 6.20. The molecule has 3 rings (SSSR count). The summed E-state index contributed by atoms with van der Waals surface area (Å²) < 4.78 is 11.9. The Kier molecular flexibility index (Phi) is 11.5. The zero-order chi connectivity index (χ0) is 23.8. The Morgan fingerprint density at radius 2 is 1.32 bits per heavy atom.